The van der Waals surface area contributed by atoms with Crippen molar-refractivity contribution in [2.24, 2.45) is 0 Å². The number of hydrogen-bond donors (Lipinski definition) is 1. The summed E-state index contributed by atoms with van der Waals surface area (Å²) in [5.74, 6) is -0.702. The van der Waals surface area contributed by atoms with E-state index in [-0.39, 0.29) is 5.91 Å². The van der Waals surface area contributed by atoms with E-state index in [1.54, 1.807) is 7.11 Å². The summed E-state index contributed by atoms with van der Waals surface area (Å²) in [6.07, 6.45) is 1.11. The number of rotatable bonds is 5. The number of alkyl halides is 3. The number of fused-ring (bicyclic) bond motifs is 1. The molecule has 1 aromatic carbocycles. The van der Waals surface area contributed by atoms with E-state index in [1.807, 2.05) is 35.5 Å². The number of carboxylic acid groups (broad SMARTS) is 1. The Bertz CT molecular complexity index is 1340. The summed E-state index contributed by atoms with van der Waals surface area (Å²) in [7, 11) is 1.61. The predicted molar refractivity (Wildman–Crippen MR) is 144 cm³/mol. The maximum Gasteiger partial charge on any atom is 0.490 e. The molecule has 216 valence electrons. The lowest BCUT2D eigenvalue weighted by Crippen LogP contribution is -2.38. The Hall–Kier alpha value is -3.83. The highest BCUT2D eigenvalue weighted by molar-refractivity contribution is 5.97. The average molecular weight is 562 g/mol. The summed E-state index contributed by atoms with van der Waals surface area (Å²) >= 11 is 0. The Morgan fingerprint density at radius 3 is 2.27 bits per heavy atom. The minimum absolute atomic E-state index is 0.0463. The Labute approximate surface area is 230 Å². The monoisotopic (exact) mass is 561 g/mol. The van der Waals surface area contributed by atoms with E-state index in [4.69, 9.17) is 24.6 Å². The van der Waals surface area contributed by atoms with Gasteiger partial charge in [0.25, 0.3) is 5.91 Å². The van der Waals surface area contributed by atoms with Crippen molar-refractivity contribution in [2.75, 3.05) is 38.2 Å². The third kappa shape index (κ3) is 6.31. The maximum absolute atomic E-state index is 13.1. The number of halogens is 3. The second-order valence-electron chi connectivity index (χ2n) is 10.2. The molecule has 4 heterocycles. The third-order valence-corrected chi connectivity index (χ3v) is 7.31. The van der Waals surface area contributed by atoms with Crippen molar-refractivity contribution in [1.82, 2.24) is 19.4 Å². The highest BCUT2D eigenvalue weighted by atomic mass is 19.4. The zero-order chi connectivity index (χ0) is 29.0. The second kappa shape index (κ2) is 12.1. The van der Waals surface area contributed by atoms with Crippen LogP contribution in [0.3, 0.4) is 0 Å². The van der Waals surface area contributed by atoms with Gasteiger partial charge >= 0.3 is 12.1 Å². The van der Waals surface area contributed by atoms with Crippen molar-refractivity contribution in [1.29, 1.82) is 0 Å². The molecule has 2 aliphatic heterocycles. The SMILES string of the molecule is COc1ccccc1C(=O)N1CCC(c2cc3c(ncn3C(C)C)c(N3CCCC3)n2)CC1.O=C(O)C(F)(F)F. The number of aliphatic carboxylic acids is 1. The van der Waals surface area contributed by atoms with E-state index >= 15 is 0 Å². The van der Waals surface area contributed by atoms with Crippen molar-refractivity contribution in [3.05, 3.63) is 47.9 Å². The molecule has 9 nitrogen and oxygen atoms in total. The van der Waals surface area contributed by atoms with Crippen LogP contribution in [-0.4, -0.2) is 75.9 Å². The number of para-hydroxylation sites is 1. The molecule has 40 heavy (non-hydrogen) atoms. The third-order valence-electron chi connectivity index (χ3n) is 7.31. The summed E-state index contributed by atoms with van der Waals surface area (Å²) < 4.78 is 39.4. The molecule has 0 spiro atoms. The van der Waals surface area contributed by atoms with E-state index in [1.165, 1.54) is 18.4 Å². The molecule has 2 saturated heterocycles. The summed E-state index contributed by atoms with van der Waals surface area (Å²) in [5.41, 5.74) is 3.95. The minimum atomic E-state index is -5.08. The van der Waals surface area contributed by atoms with Crippen LogP contribution in [0.25, 0.3) is 11.0 Å². The Balaban J connectivity index is 0.000000470. The Morgan fingerprint density at radius 1 is 1.07 bits per heavy atom. The summed E-state index contributed by atoms with van der Waals surface area (Å²) in [6, 6.07) is 10.1. The summed E-state index contributed by atoms with van der Waals surface area (Å²) in [6.45, 7) is 7.93. The Kier molecular flexibility index (Phi) is 8.85. The topological polar surface area (TPSA) is 101 Å². The number of anilines is 1. The number of pyridine rings is 1. The van der Waals surface area contributed by atoms with Crippen molar-refractivity contribution in [3.8, 4) is 5.75 Å². The van der Waals surface area contributed by atoms with Gasteiger partial charge in [-0.15, -0.1) is 0 Å². The Morgan fingerprint density at radius 2 is 1.70 bits per heavy atom. The average Bonchev–Trinajstić information content (AvgIpc) is 3.63. The number of hydrogen-bond acceptors (Lipinski definition) is 6. The van der Waals surface area contributed by atoms with Gasteiger partial charge in [-0.3, -0.25) is 4.79 Å². The van der Waals surface area contributed by atoms with Gasteiger partial charge in [-0.25, -0.2) is 14.8 Å². The van der Waals surface area contributed by atoms with Gasteiger partial charge in [-0.2, -0.15) is 13.2 Å². The minimum Gasteiger partial charge on any atom is -0.496 e. The molecule has 0 saturated carbocycles. The zero-order valence-corrected chi connectivity index (χ0v) is 22.8. The lowest BCUT2D eigenvalue weighted by atomic mass is 9.92. The number of imidazole rings is 1. The predicted octanol–water partition coefficient (Wildman–Crippen LogP) is 5.27. The van der Waals surface area contributed by atoms with Crippen LogP contribution in [0, 0.1) is 0 Å². The zero-order valence-electron chi connectivity index (χ0n) is 22.8. The van der Waals surface area contributed by atoms with Gasteiger partial charge in [-0.05, 0) is 57.7 Å². The molecule has 5 rings (SSSR count). The largest absolute Gasteiger partial charge is 0.496 e. The number of ether oxygens (including phenoxy) is 1. The molecule has 0 atom stereocenters. The first kappa shape index (κ1) is 29.2. The van der Waals surface area contributed by atoms with Gasteiger partial charge in [0, 0.05) is 43.8 Å². The van der Waals surface area contributed by atoms with Crippen LogP contribution in [0.15, 0.2) is 36.7 Å². The molecule has 0 unspecified atom stereocenters. The lowest BCUT2D eigenvalue weighted by Gasteiger charge is -2.32. The number of benzene rings is 1. The van der Waals surface area contributed by atoms with E-state index in [9.17, 15) is 18.0 Å². The fourth-order valence-electron chi connectivity index (χ4n) is 5.17. The van der Waals surface area contributed by atoms with Crippen molar-refractivity contribution >= 4 is 28.7 Å². The number of nitrogens with zero attached hydrogens (tertiary/aromatic N) is 5. The molecule has 0 aliphatic carbocycles. The fourth-order valence-corrected chi connectivity index (χ4v) is 5.17. The van der Waals surface area contributed by atoms with Gasteiger partial charge in [-0.1, -0.05) is 12.1 Å². The van der Waals surface area contributed by atoms with Gasteiger partial charge in [0.05, 0.1) is 24.5 Å². The molecule has 1 amide bonds. The molecular weight excluding hydrogens is 527 g/mol. The quantitative estimate of drug-likeness (QED) is 0.453. The van der Waals surface area contributed by atoms with Crippen LogP contribution >= 0.6 is 0 Å². The highest BCUT2D eigenvalue weighted by Crippen LogP contribution is 2.35. The van der Waals surface area contributed by atoms with Gasteiger partial charge < -0.3 is 24.2 Å². The van der Waals surface area contributed by atoms with Crippen LogP contribution in [0.5, 0.6) is 5.75 Å². The highest BCUT2D eigenvalue weighted by Gasteiger charge is 2.38. The van der Waals surface area contributed by atoms with E-state index < -0.39 is 12.1 Å². The number of carbonyl (C=O) groups excluding carboxylic acids is 1. The maximum atomic E-state index is 13.1. The van der Waals surface area contributed by atoms with Crippen LogP contribution < -0.4 is 9.64 Å². The number of aromatic nitrogens is 3. The summed E-state index contributed by atoms with van der Waals surface area (Å²) in [5, 5.41) is 7.12. The normalized spacial score (nSPS) is 16.3. The first-order chi connectivity index (χ1) is 19.0. The standard InChI is InChI=1S/C26H33N5O2.C2HF3O2/c1-18(2)31-17-27-24-22(31)16-21(28-25(24)29-12-6-7-13-29)19-10-14-30(15-11-19)26(32)20-8-4-5-9-23(20)33-3;3-2(4,5)1(6)7/h4-5,8-9,16-19H,6-7,10-15H2,1-3H3;(H,6,7). The van der Waals surface area contributed by atoms with Gasteiger partial charge in [0.15, 0.2) is 5.82 Å². The van der Waals surface area contributed by atoms with Crippen LogP contribution in [0.4, 0.5) is 19.0 Å². The molecule has 0 bridgehead atoms. The number of piperidine rings is 1. The first-order valence-electron chi connectivity index (χ1n) is 13.4. The lowest BCUT2D eigenvalue weighted by molar-refractivity contribution is -0.192. The van der Waals surface area contributed by atoms with Gasteiger partial charge in [0.2, 0.25) is 0 Å². The molecule has 2 fully saturated rings. The van der Waals surface area contributed by atoms with E-state index in [2.05, 4.69) is 29.4 Å². The number of amides is 1. The molecule has 2 aliphatic rings. The van der Waals surface area contributed by atoms with E-state index in [0.717, 1.165) is 56.0 Å². The smallest absolute Gasteiger partial charge is 0.490 e. The summed E-state index contributed by atoms with van der Waals surface area (Å²) in [4.78, 5) is 36.3. The number of carboxylic acids is 1. The first-order valence-corrected chi connectivity index (χ1v) is 13.4. The molecule has 0 radical (unpaired) electrons. The van der Waals surface area contributed by atoms with Crippen LogP contribution in [0.1, 0.15) is 67.5 Å². The molecule has 2 aromatic heterocycles. The van der Waals surface area contributed by atoms with E-state index in [0.29, 0.717) is 23.3 Å². The number of carbonyl (C=O) groups is 2. The number of methoxy groups -OCH3 is 1. The molecule has 3 aromatic rings. The van der Waals surface area contributed by atoms with Crippen LogP contribution in [-0.2, 0) is 4.79 Å². The molecule has 12 heteroatoms. The number of likely N-dealkylation sites (tertiary alicyclic amines) is 1. The van der Waals surface area contributed by atoms with Gasteiger partial charge in [0.1, 0.15) is 11.3 Å². The van der Waals surface area contributed by atoms with Crippen molar-refractivity contribution < 1.29 is 32.6 Å². The fraction of sp³-hybridized carbons (Fsp3) is 0.500. The molecular formula is C28H34F3N5O4. The van der Waals surface area contributed by atoms with Crippen LogP contribution in [0.2, 0.25) is 0 Å². The van der Waals surface area contributed by atoms with Crippen molar-refractivity contribution in [3.63, 3.8) is 0 Å². The second-order valence-corrected chi connectivity index (χ2v) is 10.2. The molecule has 1 N–H and O–H groups in total. The van der Waals surface area contributed by atoms with Crippen molar-refractivity contribution in [2.45, 2.75) is 57.7 Å².